The number of likely N-dealkylation sites (N-methyl/N-ethyl adjacent to an activating group) is 1. The highest BCUT2D eigenvalue weighted by molar-refractivity contribution is 5.94. The van der Waals surface area contributed by atoms with Crippen LogP contribution in [0.15, 0.2) is 96.4 Å². The van der Waals surface area contributed by atoms with Crippen LogP contribution < -0.4 is 10.9 Å². The summed E-state index contributed by atoms with van der Waals surface area (Å²) in [5.41, 5.74) is 6.00. The van der Waals surface area contributed by atoms with E-state index in [9.17, 15) is 9.59 Å². The fraction of sp³-hybridized carbons (Fsp3) is 0.250. The molecule has 3 aromatic heterocycles. The standard InChI is InChI=1S/C36H36N8O2/c1-36(2,3)26-10-13-29-30(21-26)38-23-44(35(29)46)28-7-5-6-25(20-28)31-22-43-15-14-37-33(43)32(40-31)39-27-11-8-24(9-12-27)34(45)42-18-16-41(4)17-19-42/h5-15,20-23H,16-19H2,1-4H3,(H,39,40). The molecule has 1 fully saturated rings. The van der Waals surface area contributed by atoms with E-state index in [4.69, 9.17) is 4.98 Å². The Kier molecular flexibility index (Phi) is 7.37. The number of piperazine rings is 1. The molecular formula is C36H36N8O2. The highest BCUT2D eigenvalue weighted by Gasteiger charge is 2.21. The summed E-state index contributed by atoms with van der Waals surface area (Å²) in [5.74, 6) is 0.621. The predicted molar refractivity (Wildman–Crippen MR) is 181 cm³/mol. The first-order valence-electron chi connectivity index (χ1n) is 15.5. The van der Waals surface area contributed by atoms with Gasteiger partial charge in [0.2, 0.25) is 0 Å². The number of carbonyl (C=O) groups excluding carboxylic acids is 1. The lowest BCUT2D eigenvalue weighted by molar-refractivity contribution is 0.0664. The van der Waals surface area contributed by atoms with Crippen molar-refractivity contribution in [3.8, 4) is 16.9 Å². The first-order chi connectivity index (χ1) is 22.1. The normalized spacial score (nSPS) is 14.2. The fourth-order valence-electron chi connectivity index (χ4n) is 5.77. The molecule has 0 radical (unpaired) electrons. The molecule has 1 aliphatic rings. The molecular weight excluding hydrogens is 576 g/mol. The molecule has 0 unspecified atom stereocenters. The van der Waals surface area contributed by atoms with Crippen LogP contribution in [0, 0.1) is 0 Å². The second kappa shape index (κ2) is 11.5. The van der Waals surface area contributed by atoms with Gasteiger partial charge in [-0.25, -0.2) is 15.0 Å². The van der Waals surface area contributed by atoms with Crippen molar-refractivity contribution in [2.45, 2.75) is 26.2 Å². The van der Waals surface area contributed by atoms with Crippen molar-refractivity contribution in [2.24, 2.45) is 0 Å². The maximum Gasteiger partial charge on any atom is 0.265 e. The zero-order valence-electron chi connectivity index (χ0n) is 26.4. The average molecular weight is 613 g/mol. The van der Waals surface area contributed by atoms with Crippen molar-refractivity contribution in [3.05, 3.63) is 113 Å². The molecule has 232 valence electrons. The lowest BCUT2D eigenvalue weighted by atomic mass is 9.86. The van der Waals surface area contributed by atoms with Gasteiger partial charge in [-0.2, -0.15) is 0 Å². The maximum absolute atomic E-state index is 13.6. The van der Waals surface area contributed by atoms with Crippen molar-refractivity contribution in [1.29, 1.82) is 0 Å². The summed E-state index contributed by atoms with van der Waals surface area (Å²) >= 11 is 0. The number of fused-ring (bicyclic) bond motifs is 2. The van der Waals surface area contributed by atoms with Crippen molar-refractivity contribution >= 4 is 34.0 Å². The van der Waals surface area contributed by atoms with Gasteiger partial charge in [0.1, 0.15) is 6.33 Å². The number of benzene rings is 3. The smallest absolute Gasteiger partial charge is 0.265 e. The number of anilines is 2. The maximum atomic E-state index is 13.6. The molecule has 1 N–H and O–H groups in total. The van der Waals surface area contributed by atoms with Gasteiger partial charge in [0, 0.05) is 61.6 Å². The van der Waals surface area contributed by atoms with Crippen LogP contribution in [0.25, 0.3) is 33.5 Å². The van der Waals surface area contributed by atoms with Crippen molar-refractivity contribution < 1.29 is 4.79 Å². The van der Waals surface area contributed by atoms with E-state index in [0.717, 1.165) is 43.0 Å². The van der Waals surface area contributed by atoms with Crippen LogP contribution in [0.4, 0.5) is 11.5 Å². The monoisotopic (exact) mass is 612 g/mol. The van der Waals surface area contributed by atoms with Gasteiger partial charge >= 0.3 is 0 Å². The van der Waals surface area contributed by atoms with Gasteiger partial charge in [-0.3, -0.25) is 14.2 Å². The Morgan fingerprint density at radius 1 is 0.913 bits per heavy atom. The fourth-order valence-corrected chi connectivity index (χ4v) is 5.77. The van der Waals surface area contributed by atoms with Gasteiger partial charge in [-0.1, -0.05) is 39.0 Å². The molecule has 1 amide bonds. The molecule has 0 saturated carbocycles. The number of rotatable bonds is 5. The van der Waals surface area contributed by atoms with Crippen LogP contribution in [0.1, 0.15) is 36.7 Å². The Bertz CT molecular complexity index is 2130. The Balaban J connectivity index is 1.18. The SMILES string of the molecule is CN1CCN(C(=O)c2ccc(Nc3nc(-c4cccc(-n5cnc6cc(C(C)(C)C)ccc6c5=O)c4)cn4ccnc34)cc2)CC1. The molecule has 1 saturated heterocycles. The third-order valence-corrected chi connectivity index (χ3v) is 8.60. The molecule has 0 atom stereocenters. The van der Waals surface area contributed by atoms with Gasteiger partial charge in [-0.15, -0.1) is 0 Å². The molecule has 0 bridgehead atoms. The summed E-state index contributed by atoms with van der Waals surface area (Å²) in [6, 6.07) is 21.0. The van der Waals surface area contributed by atoms with Gasteiger partial charge < -0.3 is 19.5 Å². The molecule has 10 heteroatoms. The largest absolute Gasteiger partial charge is 0.337 e. The van der Waals surface area contributed by atoms with E-state index in [1.807, 2.05) is 88.4 Å². The first kappa shape index (κ1) is 29.4. The number of amides is 1. The summed E-state index contributed by atoms with van der Waals surface area (Å²) in [6.45, 7) is 9.65. The molecule has 0 spiro atoms. The Morgan fingerprint density at radius 3 is 2.46 bits per heavy atom. The molecule has 1 aliphatic heterocycles. The third-order valence-electron chi connectivity index (χ3n) is 8.60. The number of nitrogens with one attached hydrogen (secondary N) is 1. The highest BCUT2D eigenvalue weighted by atomic mass is 16.2. The summed E-state index contributed by atoms with van der Waals surface area (Å²) in [6.07, 6.45) is 7.11. The average Bonchev–Trinajstić information content (AvgIpc) is 3.54. The van der Waals surface area contributed by atoms with Crippen LogP contribution in [0.2, 0.25) is 0 Å². The zero-order valence-corrected chi connectivity index (χ0v) is 26.4. The van der Waals surface area contributed by atoms with Crippen molar-refractivity contribution in [1.82, 2.24) is 33.7 Å². The molecule has 10 nitrogen and oxygen atoms in total. The number of aromatic nitrogens is 5. The first-order valence-corrected chi connectivity index (χ1v) is 15.5. The van der Waals surface area contributed by atoms with Crippen LogP contribution in [0.5, 0.6) is 0 Å². The van der Waals surface area contributed by atoms with Gasteiger partial charge in [-0.05, 0) is 66.6 Å². The van der Waals surface area contributed by atoms with Crippen LogP contribution in [0.3, 0.4) is 0 Å². The lowest BCUT2D eigenvalue weighted by Gasteiger charge is -2.32. The summed E-state index contributed by atoms with van der Waals surface area (Å²) in [5, 5.41) is 3.96. The lowest BCUT2D eigenvalue weighted by Crippen LogP contribution is -2.47. The second-order valence-electron chi connectivity index (χ2n) is 12.9. The molecule has 4 heterocycles. The molecule has 6 aromatic rings. The van der Waals surface area contributed by atoms with Crippen LogP contribution >= 0.6 is 0 Å². The van der Waals surface area contributed by atoms with E-state index in [1.165, 1.54) is 0 Å². The summed E-state index contributed by atoms with van der Waals surface area (Å²) < 4.78 is 3.49. The Labute approximate surface area is 267 Å². The minimum absolute atomic E-state index is 0.0385. The Morgan fingerprint density at radius 2 is 1.70 bits per heavy atom. The van der Waals surface area contributed by atoms with Crippen molar-refractivity contribution in [3.63, 3.8) is 0 Å². The quantitative estimate of drug-likeness (QED) is 0.274. The molecule has 0 aliphatic carbocycles. The van der Waals surface area contributed by atoms with Crippen LogP contribution in [-0.4, -0.2) is 72.9 Å². The van der Waals surface area contributed by atoms with Crippen molar-refractivity contribution in [2.75, 3.05) is 38.5 Å². The number of hydrogen-bond acceptors (Lipinski definition) is 7. The summed E-state index contributed by atoms with van der Waals surface area (Å²) in [4.78, 5) is 44.8. The zero-order chi connectivity index (χ0) is 32.0. The molecule has 3 aromatic carbocycles. The van der Waals surface area contributed by atoms with E-state index in [1.54, 1.807) is 17.1 Å². The van der Waals surface area contributed by atoms with E-state index < -0.39 is 0 Å². The molecule has 7 rings (SSSR count). The van der Waals surface area contributed by atoms with E-state index in [-0.39, 0.29) is 16.9 Å². The third kappa shape index (κ3) is 5.63. The van der Waals surface area contributed by atoms with E-state index in [0.29, 0.717) is 39.3 Å². The van der Waals surface area contributed by atoms with Crippen LogP contribution in [-0.2, 0) is 5.41 Å². The highest BCUT2D eigenvalue weighted by Crippen LogP contribution is 2.27. The minimum atomic E-state index is -0.127. The molecule has 46 heavy (non-hydrogen) atoms. The van der Waals surface area contributed by atoms with E-state index in [2.05, 4.69) is 48.0 Å². The van der Waals surface area contributed by atoms with Gasteiger partial charge in [0.05, 0.1) is 22.3 Å². The minimum Gasteiger partial charge on any atom is -0.337 e. The summed E-state index contributed by atoms with van der Waals surface area (Å²) in [7, 11) is 2.07. The van der Waals surface area contributed by atoms with Gasteiger partial charge in [0.25, 0.3) is 11.5 Å². The predicted octanol–water partition coefficient (Wildman–Crippen LogP) is 5.52. The number of imidazole rings is 1. The number of nitrogens with zero attached hydrogens (tertiary/aromatic N) is 7. The van der Waals surface area contributed by atoms with E-state index >= 15 is 0 Å². The Hall–Kier alpha value is -5.35. The number of carbonyl (C=O) groups is 1. The van der Waals surface area contributed by atoms with Gasteiger partial charge in [0.15, 0.2) is 11.5 Å². The second-order valence-corrected chi connectivity index (χ2v) is 12.9. The topological polar surface area (TPSA) is 101 Å². The number of hydrogen-bond donors (Lipinski definition) is 1.